The fourth-order valence-electron chi connectivity index (χ4n) is 5.70. The summed E-state index contributed by atoms with van der Waals surface area (Å²) in [6, 6.07) is 14.6. The van der Waals surface area contributed by atoms with Crippen molar-refractivity contribution in [3.63, 3.8) is 0 Å². The van der Waals surface area contributed by atoms with E-state index in [4.69, 9.17) is 0 Å². The topological polar surface area (TPSA) is 66.8 Å². The standard InChI is InChI=1S/C29H26FN5O/c1-19-22(3-2-21-14-20(16-31)15-26(19)21)18-33-12-9-25(10-13-33)34-27-8-11-32-17-28(27)35(29(34)36)24-6-4-23(30)5-7-24/h2-8,11,15,17,25H,9-10,12-14,18H2,1H3. The molecule has 1 aliphatic heterocycles. The van der Waals surface area contributed by atoms with Crippen LogP contribution in [-0.4, -0.2) is 32.1 Å². The zero-order valence-corrected chi connectivity index (χ0v) is 20.1. The minimum atomic E-state index is -0.332. The summed E-state index contributed by atoms with van der Waals surface area (Å²) in [4.78, 5) is 20.3. The molecule has 1 saturated heterocycles. The Morgan fingerprint density at radius 1 is 1.08 bits per heavy atom. The molecular formula is C29H26FN5O. The van der Waals surface area contributed by atoms with Gasteiger partial charge in [-0.1, -0.05) is 12.1 Å². The Balaban J connectivity index is 1.24. The summed E-state index contributed by atoms with van der Waals surface area (Å²) in [6.45, 7) is 4.79. The van der Waals surface area contributed by atoms with Gasteiger partial charge in [0.1, 0.15) is 5.82 Å². The van der Waals surface area contributed by atoms with Crippen LogP contribution in [0.3, 0.4) is 0 Å². The van der Waals surface area contributed by atoms with E-state index in [2.05, 4.69) is 35.0 Å². The first kappa shape index (κ1) is 22.4. The average molecular weight is 480 g/mol. The van der Waals surface area contributed by atoms with Gasteiger partial charge in [-0.25, -0.2) is 9.18 Å². The van der Waals surface area contributed by atoms with Crippen molar-refractivity contribution in [2.24, 2.45) is 0 Å². The third-order valence-electron chi connectivity index (χ3n) is 7.64. The van der Waals surface area contributed by atoms with Gasteiger partial charge in [0.05, 0.1) is 29.0 Å². The summed E-state index contributed by atoms with van der Waals surface area (Å²) in [5.74, 6) is -0.332. The minimum Gasteiger partial charge on any atom is -0.299 e. The van der Waals surface area contributed by atoms with Gasteiger partial charge in [-0.15, -0.1) is 0 Å². The highest BCUT2D eigenvalue weighted by Crippen LogP contribution is 2.32. The van der Waals surface area contributed by atoms with E-state index in [-0.39, 0.29) is 17.5 Å². The number of likely N-dealkylation sites (tertiary alicyclic amines) is 1. The molecule has 6 nitrogen and oxygen atoms in total. The van der Waals surface area contributed by atoms with Crippen molar-refractivity contribution in [1.82, 2.24) is 19.0 Å². The van der Waals surface area contributed by atoms with Crippen LogP contribution in [0.15, 0.2) is 65.2 Å². The lowest BCUT2D eigenvalue weighted by atomic mass is 9.97. The van der Waals surface area contributed by atoms with E-state index in [1.165, 1.54) is 34.4 Å². The van der Waals surface area contributed by atoms with Gasteiger partial charge in [-0.2, -0.15) is 5.26 Å². The molecule has 3 heterocycles. The van der Waals surface area contributed by atoms with Crippen LogP contribution in [0.1, 0.15) is 41.1 Å². The van der Waals surface area contributed by atoms with E-state index in [1.54, 1.807) is 29.1 Å². The number of fused-ring (bicyclic) bond motifs is 2. The smallest absolute Gasteiger partial charge is 0.299 e. The summed E-state index contributed by atoms with van der Waals surface area (Å²) in [5.41, 5.74) is 7.91. The number of nitrogens with zero attached hydrogens (tertiary/aromatic N) is 5. The van der Waals surface area contributed by atoms with Crippen LogP contribution in [0, 0.1) is 24.1 Å². The van der Waals surface area contributed by atoms with Crippen LogP contribution in [0.2, 0.25) is 0 Å². The van der Waals surface area contributed by atoms with Crippen molar-refractivity contribution in [3.8, 4) is 11.8 Å². The highest BCUT2D eigenvalue weighted by molar-refractivity contribution is 5.77. The van der Waals surface area contributed by atoms with Crippen molar-refractivity contribution in [3.05, 3.63) is 99.0 Å². The van der Waals surface area contributed by atoms with Gasteiger partial charge in [0.15, 0.2) is 0 Å². The predicted molar refractivity (Wildman–Crippen MR) is 137 cm³/mol. The van der Waals surface area contributed by atoms with Crippen LogP contribution >= 0.6 is 0 Å². The molecule has 0 radical (unpaired) electrons. The largest absolute Gasteiger partial charge is 0.334 e. The van der Waals surface area contributed by atoms with Crippen molar-refractivity contribution in [2.75, 3.05) is 13.1 Å². The lowest BCUT2D eigenvalue weighted by Gasteiger charge is -2.33. The molecule has 4 aromatic rings. The van der Waals surface area contributed by atoms with E-state index >= 15 is 0 Å². The molecule has 0 saturated carbocycles. The SMILES string of the molecule is Cc1c(CN2CCC(n3c(=O)n(-c4ccc(F)cc4)c4cnccc43)CC2)ccc2c1C=C(C#N)C2. The van der Waals surface area contributed by atoms with Gasteiger partial charge < -0.3 is 0 Å². The number of benzene rings is 2. The molecule has 0 spiro atoms. The molecule has 0 N–H and O–H groups in total. The first-order valence-corrected chi connectivity index (χ1v) is 12.3. The third-order valence-corrected chi connectivity index (χ3v) is 7.64. The Morgan fingerprint density at radius 2 is 1.86 bits per heavy atom. The Morgan fingerprint density at radius 3 is 2.61 bits per heavy atom. The molecule has 180 valence electrons. The Kier molecular flexibility index (Phi) is 5.54. The van der Waals surface area contributed by atoms with E-state index in [0.717, 1.165) is 55.5 Å². The minimum absolute atomic E-state index is 0.0857. The second-order valence-electron chi connectivity index (χ2n) is 9.72. The molecule has 0 unspecified atom stereocenters. The first-order chi connectivity index (χ1) is 17.5. The average Bonchev–Trinajstić information content (AvgIpc) is 3.46. The Bertz CT molecular complexity index is 1600. The second kappa shape index (κ2) is 8.89. The van der Waals surface area contributed by atoms with Crippen molar-refractivity contribution in [2.45, 2.75) is 38.8 Å². The fourth-order valence-corrected chi connectivity index (χ4v) is 5.70. The van der Waals surface area contributed by atoms with Crippen molar-refractivity contribution >= 4 is 17.1 Å². The summed E-state index contributed by atoms with van der Waals surface area (Å²) < 4.78 is 17.0. The molecule has 6 rings (SSSR count). The number of hydrogen-bond acceptors (Lipinski definition) is 4. The maximum absolute atomic E-state index is 13.6. The number of nitriles is 1. The summed E-state index contributed by atoms with van der Waals surface area (Å²) >= 11 is 0. The first-order valence-electron chi connectivity index (χ1n) is 12.3. The Hall–Kier alpha value is -4.02. The lowest BCUT2D eigenvalue weighted by Crippen LogP contribution is -2.37. The molecule has 0 atom stereocenters. The zero-order chi connectivity index (χ0) is 24.8. The van der Waals surface area contributed by atoms with Crippen molar-refractivity contribution in [1.29, 1.82) is 5.26 Å². The van der Waals surface area contributed by atoms with Crippen LogP contribution in [0.4, 0.5) is 4.39 Å². The van der Waals surface area contributed by atoms with Gasteiger partial charge in [0.2, 0.25) is 0 Å². The summed E-state index contributed by atoms with van der Waals surface area (Å²) in [5, 5.41) is 9.27. The molecule has 2 aromatic heterocycles. The fraction of sp³-hybridized carbons (Fsp3) is 0.276. The van der Waals surface area contributed by atoms with E-state index in [0.29, 0.717) is 5.69 Å². The number of aromatic nitrogens is 3. The van der Waals surface area contributed by atoms with Crippen LogP contribution in [-0.2, 0) is 13.0 Å². The molecule has 0 bridgehead atoms. The summed E-state index contributed by atoms with van der Waals surface area (Å²) in [7, 11) is 0. The van der Waals surface area contributed by atoms with Gasteiger partial charge in [-0.3, -0.25) is 19.0 Å². The third kappa shape index (κ3) is 3.75. The number of pyridine rings is 1. The molecule has 0 amide bonds. The van der Waals surface area contributed by atoms with Gasteiger partial charge in [-0.05, 0) is 78.4 Å². The van der Waals surface area contributed by atoms with Crippen LogP contribution < -0.4 is 5.69 Å². The lowest BCUT2D eigenvalue weighted by molar-refractivity contribution is 0.179. The second-order valence-corrected chi connectivity index (χ2v) is 9.72. The maximum Gasteiger partial charge on any atom is 0.334 e. The van der Waals surface area contributed by atoms with Gasteiger partial charge >= 0.3 is 5.69 Å². The van der Waals surface area contributed by atoms with Crippen LogP contribution in [0.5, 0.6) is 0 Å². The highest BCUT2D eigenvalue weighted by Gasteiger charge is 2.26. The molecule has 36 heavy (non-hydrogen) atoms. The van der Waals surface area contributed by atoms with E-state index < -0.39 is 0 Å². The molecular weight excluding hydrogens is 453 g/mol. The molecule has 1 fully saturated rings. The van der Waals surface area contributed by atoms with E-state index in [9.17, 15) is 14.4 Å². The number of halogens is 1. The monoisotopic (exact) mass is 479 g/mol. The maximum atomic E-state index is 13.6. The predicted octanol–water partition coefficient (Wildman–Crippen LogP) is 4.93. The molecule has 2 aromatic carbocycles. The quantitative estimate of drug-likeness (QED) is 0.416. The number of piperidine rings is 1. The summed E-state index contributed by atoms with van der Waals surface area (Å²) in [6.07, 6.45) is 7.91. The number of allylic oxidation sites excluding steroid dienone is 1. The molecule has 7 heteroatoms. The van der Waals surface area contributed by atoms with Gasteiger partial charge in [0, 0.05) is 43.9 Å². The Labute approximate surface area is 208 Å². The van der Waals surface area contributed by atoms with Crippen molar-refractivity contribution < 1.29 is 4.39 Å². The molecule has 1 aliphatic carbocycles. The normalized spacial score (nSPS) is 16.2. The number of imidazole rings is 1. The van der Waals surface area contributed by atoms with E-state index in [1.807, 2.05) is 16.7 Å². The zero-order valence-electron chi connectivity index (χ0n) is 20.1. The number of rotatable bonds is 4. The van der Waals surface area contributed by atoms with Gasteiger partial charge in [0.25, 0.3) is 0 Å². The highest BCUT2D eigenvalue weighted by atomic mass is 19.1. The van der Waals surface area contributed by atoms with Crippen LogP contribution in [0.25, 0.3) is 22.8 Å². The number of hydrogen-bond donors (Lipinski definition) is 0. The molecule has 2 aliphatic rings.